The lowest BCUT2D eigenvalue weighted by Crippen LogP contribution is -2.38. The van der Waals surface area contributed by atoms with Crippen LogP contribution in [0.5, 0.6) is 0 Å². The molecule has 0 bridgehead atoms. The van der Waals surface area contributed by atoms with Gasteiger partial charge in [0, 0.05) is 13.1 Å². The summed E-state index contributed by atoms with van der Waals surface area (Å²) in [5, 5.41) is 0. The Hall–Kier alpha value is -1.78. The molecule has 1 fully saturated rings. The number of primary amides is 1. The van der Waals surface area contributed by atoms with Gasteiger partial charge in [0.2, 0.25) is 5.91 Å². The van der Waals surface area contributed by atoms with Gasteiger partial charge in [-0.15, -0.1) is 0 Å². The van der Waals surface area contributed by atoms with Gasteiger partial charge in [-0.2, -0.15) is 0 Å². The summed E-state index contributed by atoms with van der Waals surface area (Å²) in [6, 6.07) is 3.28. The lowest BCUT2D eigenvalue weighted by Gasteiger charge is -2.20. The van der Waals surface area contributed by atoms with Gasteiger partial charge < -0.3 is 15.1 Å². The molecular formula is C11H14N2O3. The van der Waals surface area contributed by atoms with Crippen LogP contribution in [0.2, 0.25) is 0 Å². The van der Waals surface area contributed by atoms with Crippen LogP contribution in [0.15, 0.2) is 22.8 Å². The van der Waals surface area contributed by atoms with Crippen LogP contribution in [0.4, 0.5) is 0 Å². The van der Waals surface area contributed by atoms with Crippen LogP contribution in [-0.4, -0.2) is 29.8 Å². The maximum atomic E-state index is 11.9. The third-order valence-electron chi connectivity index (χ3n) is 3.09. The van der Waals surface area contributed by atoms with E-state index in [4.69, 9.17) is 10.2 Å². The third-order valence-corrected chi connectivity index (χ3v) is 3.09. The molecule has 1 atom stereocenters. The Balaban J connectivity index is 2.10. The first-order valence-corrected chi connectivity index (χ1v) is 5.16. The standard InChI is InChI=1S/C11H14N2O3/c1-11(10(12)15)4-5-13(7-11)9(14)8-3-2-6-16-8/h2-3,6H,4-5,7H2,1H3,(H2,12,15). The van der Waals surface area contributed by atoms with E-state index in [1.807, 2.05) is 0 Å². The molecule has 2 N–H and O–H groups in total. The first-order chi connectivity index (χ1) is 7.53. The number of carbonyl (C=O) groups excluding carboxylic acids is 2. The molecule has 2 rings (SSSR count). The van der Waals surface area contributed by atoms with E-state index in [9.17, 15) is 9.59 Å². The number of furan rings is 1. The van der Waals surface area contributed by atoms with Crippen molar-refractivity contribution in [2.75, 3.05) is 13.1 Å². The number of carbonyl (C=O) groups is 2. The smallest absolute Gasteiger partial charge is 0.289 e. The summed E-state index contributed by atoms with van der Waals surface area (Å²) in [6.45, 7) is 2.69. The number of nitrogens with two attached hydrogens (primary N) is 1. The van der Waals surface area contributed by atoms with Gasteiger partial charge in [0.1, 0.15) is 0 Å². The average molecular weight is 222 g/mol. The molecule has 0 radical (unpaired) electrons. The molecule has 1 aliphatic rings. The molecule has 0 aromatic carbocycles. The first kappa shape index (κ1) is 10.7. The van der Waals surface area contributed by atoms with E-state index in [0.29, 0.717) is 25.3 Å². The predicted molar refractivity (Wildman–Crippen MR) is 56.5 cm³/mol. The van der Waals surface area contributed by atoms with Crippen LogP contribution in [0.25, 0.3) is 0 Å². The van der Waals surface area contributed by atoms with Crippen molar-refractivity contribution in [3.05, 3.63) is 24.2 Å². The zero-order chi connectivity index (χ0) is 11.8. The second kappa shape index (κ2) is 3.66. The molecule has 1 saturated heterocycles. The Morgan fingerprint density at radius 1 is 1.56 bits per heavy atom. The molecule has 5 heteroatoms. The fraction of sp³-hybridized carbons (Fsp3) is 0.455. The van der Waals surface area contributed by atoms with Gasteiger partial charge in [0.15, 0.2) is 5.76 Å². The van der Waals surface area contributed by atoms with E-state index in [0.717, 1.165) is 0 Å². The van der Waals surface area contributed by atoms with Gasteiger partial charge in [-0.25, -0.2) is 0 Å². The lowest BCUT2D eigenvalue weighted by molar-refractivity contribution is -0.126. The minimum Gasteiger partial charge on any atom is -0.459 e. The fourth-order valence-electron chi connectivity index (χ4n) is 1.89. The van der Waals surface area contributed by atoms with Crippen LogP contribution in [0.3, 0.4) is 0 Å². The minimum absolute atomic E-state index is 0.185. The molecule has 2 heterocycles. The van der Waals surface area contributed by atoms with Crippen molar-refractivity contribution in [3.8, 4) is 0 Å². The largest absolute Gasteiger partial charge is 0.459 e. The summed E-state index contributed by atoms with van der Waals surface area (Å²) < 4.78 is 5.03. The van der Waals surface area contributed by atoms with E-state index in [-0.39, 0.29) is 11.8 Å². The molecule has 0 saturated carbocycles. The zero-order valence-corrected chi connectivity index (χ0v) is 9.10. The molecule has 86 valence electrons. The van der Waals surface area contributed by atoms with Crippen LogP contribution in [0, 0.1) is 5.41 Å². The third kappa shape index (κ3) is 1.68. The summed E-state index contributed by atoms with van der Waals surface area (Å²) in [5.74, 6) is -0.244. The van der Waals surface area contributed by atoms with Gasteiger partial charge in [0.05, 0.1) is 11.7 Å². The molecule has 1 aromatic heterocycles. The van der Waals surface area contributed by atoms with Crippen LogP contribution >= 0.6 is 0 Å². The van der Waals surface area contributed by atoms with E-state index < -0.39 is 5.41 Å². The molecular weight excluding hydrogens is 208 g/mol. The number of hydrogen-bond acceptors (Lipinski definition) is 3. The Bertz CT molecular complexity index is 413. The summed E-state index contributed by atoms with van der Waals surface area (Å²) in [6.07, 6.45) is 2.06. The first-order valence-electron chi connectivity index (χ1n) is 5.16. The lowest BCUT2D eigenvalue weighted by atomic mass is 9.89. The van der Waals surface area contributed by atoms with E-state index >= 15 is 0 Å². The number of amides is 2. The molecule has 16 heavy (non-hydrogen) atoms. The molecule has 0 spiro atoms. The number of hydrogen-bond donors (Lipinski definition) is 1. The monoisotopic (exact) mass is 222 g/mol. The average Bonchev–Trinajstić information content (AvgIpc) is 2.85. The molecule has 1 aromatic rings. The number of likely N-dealkylation sites (tertiary alicyclic amines) is 1. The van der Waals surface area contributed by atoms with Crippen LogP contribution in [0.1, 0.15) is 23.9 Å². The van der Waals surface area contributed by atoms with Gasteiger partial charge in [-0.3, -0.25) is 9.59 Å². The van der Waals surface area contributed by atoms with Crippen molar-refractivity contribution < 1.29 is 14.0 Å². The summed E-state index contributed by atoms with van der Waals surface area (Å²) in [5.41, 5.74) is 4.70. The molecule has 2 amide bonds. The highest BCUT2D eigenvalue weighted by Crippen LogP contribution is 2.30. The summed E-state index contributed by atoms with van der Waals surface area (Å²) >= 11 is 0. The van der Waals surface area contributed by atoms with Crippen molar-refractivity contribution in [1.82, 2.24) is 4.90 Å². The molecule has 1 aliphatic heterocycles. The highest BCUT2D eigenvalue weighted by atomic mass is 16.3. The van der Waals surface area contributed by atoms with Crippen LogP contribution in [-0.2, 0) is 4.79 Å². The Labute approximate surface area is 93.2 Å². The molecule has 1 unspecified atom stereocenters. The van der Waals surface area contributed by atoms with Crippen molar-refractivity contribution in [1.29, 1.82) is 0 Å². The maximum Gasteiger partial charge on any atom is 0.289 e. The molecule has 5 nitrogen and oxygen atoms in total. The normalized spacial score (nSPS) is 24.7. The predicted octanol–water partition coefficient (Wildman–Crippen LogP) is 0.617. The quantitative estimate of drug-likeness (QED) is 0.796. The van der Waals surface area contributed by atoms with Crippen molar-refractivity contribution in [2.24, 2.45) is 11.1 Å². The van der Waals surface area contributed by atoms with Gasteiger partial charge >= 0.3 is 0 Å². The SMILES string of the molecule is CC1(C(N)=O)CCN(C(=O)c2ccco2)C1. The van der Waals surface area contributed by atoms with Crippen molar-refractivity contribution in [2.45, 2.75) is 13.3 Å². The highest BCUT2D eigenvalue weighted by molar-refractivity contribution is 5.92. The minimum atomic E-state index is -0.609. The van der Waals surface area contributed by atoms with E-state index in [1.54, 1.807) is 24.0 Å². The Morgan fingerprint density at radius 3 is 2.81 bits per heavy atom. The number of rotatable bonds is 2. The second-order valence-electron chi connectivity index (χ2n) is 4.38. The van der Waals surface area contributed by atoms with E-state index in [1.165, 1.54) is 6.26 Å². The Morgan fingerprint density at radius 2 is 2.31 bits per heavy atom. The summed E-state index contributed by atoms with van der Waals surface area (Å²) in [4.78, 5) is 24.7. The van der Waals surface area contributed by atoms with Gasteiger partial charge in [-0.1, -0.05) is 0 Å². The Kier molecular flexibility index (Phi) is 2.46. The summed E-state index contributed by atoms with van der Waals surface area (Å²) in [7, 11) is 0. The van der Waals surface area contributed by atoms with Crippen LogP contribution < -0.4 is 5.73 Å². The fourth-order valence-corrected chi connectivity index (χ4v) is 1.89. The molecule has 0 aliphatic carbocycles. The van der Waals surface area contributed by atoms with Crippen molar-refractivity contribution >= 4 is 11.8 Å². The maximum absolute atomic E-state index is 11.9. The number of nitrogens with zero attached hydrogens (tertiary/aromatic N) is 1. The zero-order valence-electron chi connectivity index (χ0n) is 9.10. The van der Waals surface area contributed by atoms with Crippen molar-refractivity contribution in [3.63, 3.8) is 0 Å². The topological polar surface area (TPSA) is 76.5 Å². The highest BCUT2D eigenvalue weighted by Gasteiger charge is 2.41. The van der Waals surface area contributed by atoms with E-state index in [2.05, 4.69) is 0 Å². The second-order valence-corrected chi connectivity index (χ2v) is 4.38. The van der Waals surface area contributed by atoms with Gasteiger partial charge in [-0.05, 0) is 25.5 Å². The van der Waals surface area contributed by atoms with Gasteiger partial charge in [0.25, 0.3) is 5.91 Å².